The van der Waals surface area contributed by atoms with Gasteiger partial charge < -0.3 is 9.72 Å². The van der Waals surface area contributed by atoms with Gasteiger partial charge in [0.15, 0.2) is 5.78 Å². The molecule has 3 nitrogen and oxygen atoms in total. The monoisotopic (exact) mass is 283 g/mol. The van der Waals surface area contributed by atoms with Crippen LogP contribution >= 0.6 is 0 Å². The zero-order chi connectivity index (χ0) is 14.8. The molecule has 4 heteroatoms. The number of Topliss-reactive ketones (excluding diaryl/α,β-unsaturated/α-hetero) is 1. The molecular weight excluding hydrogens is 269 g/mol. The number of fused-ring (bicyclic) bond motifs is 1. The Kier molecular flexibility index (Phi) is 3.44. The molecule has 3 aromatic rings. The number of rotatable bonds is 4. The van der Waals surface area contributed by atoms with Gasteiger partial charge in [-0.3, -0.25) is 4.79 Å². The highest BCUT2D eigenvalue weighted by molar-refractivity contribution is 6.08. The minimum absolute atomic E-state index is 0.125. The maximum atomic E-state index is 13.9. The Labute approximate surface area is 121 Å². The van der Waals surface area contributed by atoms with Crippen LogP contribution in [0.25, 0.3) is 10.9 Å². The lowest BCUT2D eigenvalue weighted by Gasteiger charge is -2.04. The highest BCUT2D eigenvalue weighted by Crippen LogP contribution is 2.23. The normalized spacial score (nSPS) is 10.8. The average molecular weight is 283 g/mol. The molecule has 0 spiro atoms. The van der Waals surface area contributed by atoms with Crippen molar-refractivity contribution in [2.24, 2.45) is 0 Å². The van der Waals surface area contributed by atoms with Crippen molar-refractivity contribution in [1.82, 2.24) is 4.98 Å². The van der Waals surface area contributed by atoms with E-state index in [-0.39, 0.29) is 18.0 Å². The second-order valence-corrected chi connectivity index (χ2v) is 4.82. The number of halogens is 1. The van der Waals surface area contributed by atoms with E-state index in [2.05, 4.69) is 4.98 Å². The highest BCUT2D eigenvalue weighted by Gasteiger charge is 2.15. The smallest absolute Gasteiger partial charge is 0.169 e. The first-order valence-electron chi connectivity index (χ1n) is 6.61. The molecule has 21 heavy (non-hydrogen) atoms. The van der Waals surface area contributed by atoms with Gasteiger partial charge in [-0.1, -0.05) is 18.2 Å². The van der Waals surface area contributed by atoms with E-state index in [0.717, 1.165) is 5.56 Å². The molecule has 2 aromatic carbocycles. The van der Waals surface area contributed by atoms with Crippen LogP contribution in [0.4, 0.5) is 4.39 Å². The molecule has 0 aliphatic heterocycles. The number of aromatic amines is 1. The van der Waals surface area contributed by atoms with Crippen LogP contribution in [-0.4, -0.2) is 17.9 Å². The van der Waals surface area contributed by atoms with Crippen molar-refractivity contribution in [3.63, 3.8) is 0 Å². The van der Waals surface area contributed by atoms with Crippen LogP contribution in [0.1, 0.15) is 15.9 Å². The Morgan fingerprint density at radius 2 is 2.05 bits per heavy atom. The van der Waals surface area contributed by atoms with Crippen molar-refractivity contribution < 1.29 is 13.9 Å². The first kappa shape index (κ1) is 13.4. The fourth-order valence-electron chi connectivity index (χ4n) is 2.42. The Morgan fingerprint density at radius 3 is 2.86 bits per heavy atom. The summed E-state index contributed by atoms with van der Waals surface area (Å²) in [6.07, 6.45) is 1.77. The quantitative estimate of drug-likeness (QED) is 0.741. The first-order chi connectivity index (χ1) is 10.2. The van der Waals surface area contributed by atoms with Crippen LogP contribution in [0.3, 0.4) is 0 Å². The number of ketones is 1. The fraction of sp³-hybridized carbons (Fsp3) is 0.118. The number of aromatic nitrogens is 1. The number of benzene rings is 2. The van der Waals surface area contributed by atoms with Gasteiger partial charge >= 0.3 is 0 Å². The van der Waals surface area contributed by atoms with Gasteiger partial charge in [-0.25, -0.2) is 4.39 Å². The SMILES string of the molecule is COc1cccc(CC(=O)c2c[nH]c3cccc(F)c23)c1. The van der Waals surface area contributed by atoms with Crippen LogP contribution in [-0.2, 0) is 6.42 Å². The number of methoxy groups -OCH3 is 1. The van der Waals surface area contributed by atoms with E-state index in [4.69, 9.17) is 4.74 Å². The molecule has 1 aromatic heterocycles. The number of hydrogen-bond acceptors (Lipinski definition) is 2. The molecule has 0 aliphatic rings. The van der Waals surface area contributed by atoms with Crippen LogP contribution in [0, 0.1) is 5.82 Å². The highest BCUT2D eigenvalue weighted by atomic mass is 19.1. The summed E-state index contributed by atoms with van der Waals surface area (Å²) in [5, 5.41) is 0.352. The summed E-state index contributed by atoms with van der Waals surface area (Å²) in [5.41, 5.74) is 1.85. The number of carbonyl (C=O) groups is 1. The van der Waals surface area contributed by atoms with Gasteiger partial charge in [0.1, 0.15) is 11.6 Å². The molecule has 0 radical (unpaired) electrons. The number of hydrogen-bond donors (Lipinski definition) is 1. The lowest BCUT2D eigenvalue weighted by Crippen LogP contribution is -2.03. The predicted octanol–water partition coefficient (Wildman–Crippen LogP) is 3.74. The summed E-state index contributed by atoms with van der Waals surface area (Å²) in [5.74, 6) is 0.188. The fourth-order valence-corrected chi connectivity index (χ4v) is 2.42. The van der Waals surface area contributed by atoms with Gasteiger partial charge in [-0.2, -0.15) is 0 Å². The summed E-state index contributed by atoms with van der Waals surface area (Å²) in [6.45, 7) is 0. The molecule has 0 atom stereocenters. The Bertz CT molecular complexity index is 807. The summed E-state index contributed by atoms with van der Waals surface area (Å²) in [4.78, 5) is 15.3. The van der Waals surface area contributed by atoms with Crippen LogP contribution < -0.4 is 4.74 Å². The van der Waals surface area contributed by atoms with E-state index >= 15 is 0 Å². The van der Waals surface area contributed by atoms with Gasteiger partial charge in [0, 0.05) is 29.1 Å². The standard InChI is InChI=1S/C17H14FNO2/c1-21-12-5-2-4-11(8-12)9-16(20)13-10-19-15-7-3-6-14(18)17(13)15/h2-8,10,19H,9H2,1H3. The van der Waals surface area contributed by atoms with Crippen molar-refractivity contribution in [3.05, 3.63) is 65.6 Å². The second kappa shape index (κ2) is 5.40. The molecule has 0 saturated carbocycles. The van der Waals surface area contributed by atoms with Gasteiger partial charge in [0.05, 0.1) is 7.11 Å². The number of H-pyrrole nitrogens is 1. The summed E-state index contributed by atoms with van der Waals surface area (Å²) < 4.78 is 19.0. The van der Waals surface area contributed by atoms with E-state index in [1.807, 2.05) is 24.3 Å². The number of carbonyl (C=O) groups excluding carboxylic acids is 1. The second-order valence-electron chi connectivity index (χ2n) is 4.82. The molecule has 0 fully saturated rings. The Hall–Kier alpha value is -2.62. The van der Waals surface area contributed by atoms with Crippen LogP contribution in [0.5, 0.6) is 5.75 Å². The molecule has 1 N–H and O–H groups in total. The third-order valence-electron chi connectivity index (χ3n) is 3.45. The maximum Gasteiger partial charge on any atom is 0.169 e. The van der Waals surface area contributed by atoms with Gasteiger partial charge in [0.25, 0.3) is 0 Å². The largest absolute Gasteiger partial charge is 0.497 e. The molecule has 0 aliphatic carbocycles. The summed E-state index contributed by atoms with van der Waals surface area (Å²) in [6, 6.07) is 12.0. The third-order valence-corrected chi connectivity index (χ3v) is 3.45. The maximum absolute atomic E-state index is 13.9. The number of ether oxygens (including phenoxy) is 1. The van der Waals surface area contributed by atoms with E-state index in [1.54, 1.807) is 25.4 Å². The lowest BCUT2D eigenvalue weighted by molar-refractivity contribution is 0.0994. The summed E-state index contributed by atoms with van der Waals surface area (Å²) in [7, 11) is 1.58. The molecule has 0 amide bonds. The van der Waals surface area contributed by atoms with Crippen molar-refractivity contribution in [2.45, 2.75) is 6.42 Å². The zero-order valence-corrected chi connectivity index (χ0v) is 11.5. The molecular formula is C17H14FNO2. The average Bonchev–Trinajstić information content (AvgIpc) is 2.93. The van der Waals surface area contributed by atoms with Gasteiger partial charge in [-0.05, 0) is 29.8 Å². The molecule has 0 saturated heterocycles. The Morgan fingerprint density at radius 1 is 1.24 bits per heavy atom. The first-order valence-corrected chi connectivity index (χ1v) is 6.61. The van der Waals surface area contributed by atoms with Crippen molar-refractivity contribution in [1.29, 1.82) is 0 Å². The molecule has 106 valence electrons. The summed E-state index contributed by atoms with van der Waals surface area (Å²) >= 11 is 0. The third kappa shape index (κ3) is 2.52. The zero-order valence-electron chi connectivity index (χ0n) is 11.5. The van der Waals surface area contributed by atoms with Gasteiger partial charge in [-0.15, -0.1) is 0 Å². The minimum atomic E-state index is -0.386. The molecule has 1 heterocycles. The van der Waals surface area contributed by atoms with Crippen LogP contribution in [0.15, 0.2) is 48.7 Å². The van der Waals surface area contributed by atoms with E-state index in [9.17, 15) is 9.18 Å². The molecule has 0 unspecified atom stereocenters. The van der Waals surface area contributed by atoms with Crippen molar-refractivity contribution >= 4 is 16.7 Å². The van der Waals surface area contributed by atoms with Crippen molar-refractivity contribution in [2.75, 3.05) is 7.11 Å². The number of nitrogens with one attached hydrogen (secondary N) is 1. The molecule has 3 rings (SSSR count). The van der Waals surface area contributed by atoms with Crippen molar-refractivity contribution in [3.8, 4) is 5.75 Å². The lowest BCUT2D eigenvalue weighted by atomic mass is 10.0. The minimum Gasteiger partial charge on any atom is -0.497 e. The van der Waals surface area contributed by atoms with E-state index < -0.39 is 0 Å². The topological polar surface area (TPSA) is 42.1 Å². The van der Waals surface area contributed by atoms with E-state index in [1.165, 1.54) is 6.07 Å². The Balaban J connectivity index is 1.94. The van der Waals surface area contributed by atoms with E-state index in [0.29, 0.717) is 22.2 Å². The predicted molar refractivity (Wildman–Crippen MR) is 79.3 cm³/mol. The van der Waals surface area contributed by atoms with Crippen LogP contribution in [0.2, 0.25) is 0 Å². The molecule has 0 bridgehead atoms. The van der Waals surface area contributed by atoms with Gasteiger partial charge in [0.2, 0.25) is 0 Å².